The molecule has 0 aliphatic heterocycles. The van der Waals surface area contributed by atoms with Gasteiger partial charge in [-0.2, -0.15) is 13.2 Å². The largest absolute Gasteiger partial charge is 0.419 e. The molecule has 0 aliphatic carbocycles. The number of hydrogen-bond donors (Lipinski definition) is 2. The maximum atomic E-state index is 13.3. The summed E-state index contributed by atoms with van der Waals surface area (Å²) in [7, 11) is 0. The number of rotatable bonds is 3. The van der Waals surface area contributed by atoms with Gasteiger partial charge >= 0.3 is 6.18 Å². The normalized spacial score (nSPS) is 13.2. The van der Waals surface area contributed by atoms with Crippen LogP contribution >= 0.6 is 0 Å². The maximum absolute atomic E-state index is 13.3. The van der Waals surface area contributed by atoms with Crippen LogP contribution in [0.3, 0.4) is 0 Å². The van der Waals surface area contributed by atoms with Crippen LogP contribution in [0.25, 0.3) is 0 Å². The van der Waals surface area contributed by atoms with Crippen molar-refractivity contribution in [3.63, 3.8) is 0 Å². The van der Waals surface area contributed by atoms with Crippen molar-refractivity contribution in [2.45, 2.75) is 12.2 Å². The first-order valence-corrected chi connectivity index (χ1v) is 5.66. The highest BCUT2D eigenvalue weighted by Crippen LogP contribution is 2.33. The standard InChI is InChI=1S/C13H11F4N3/c14-11-2-1-9(7-10(11)13(15,16)17)12(20-18)8-3-5-19-6-4-8/h1-7,12,20H,18H2. The molecule has 0 fully saturated rings. The number of aromatic nitrogens is 1. The molecule has 1 aromatic carbocycles. The van der Waals surface area contributed by atoms with Crippen LogP contribution in [-0.4, -0.2) is 4.98 Å². The summed E-state index contributed by atoms with van der Waals surface area (Å²) in [5, 5.41) is 0. The number of nitrogens with one attached hydrogen (secondary N) is 1. The molecule has 2 aromatic rings. The quantitative estimate of drug-likeness (QED) is 0.518. The fourth-order valence-corrected chi connectivity index (χ4v) is 1.88. The average Bonchev–Trinajstić information content (AvgIpc) is 2.41. The number of hydrazine groups is 1. The van der Waals surface area contributed by atoms with E-state index < -0.39 is 23.6 Å². The highest BCUT2D eigenvalue weighted by Gasteiger charge is 2.34. The summed E-state index contributed by atoms with van der Waals surface area (Å²) in [5.41, 5.74) is 1.94. The van der Waals surface area contributed by atoms with Crippen molar-refractivity contribution in [1.29, 1.82) is 0 Å². The minimum Gasteiger partial charge on any atom is -0.271 e. The van der Waals surface area contributed by atoms with Crippen molar-refractivity contribution in [2.75, 3.05) is 0 Å². The number of pyridine rings is 1. The fraction of sp³-hybridized carbons (Fsp3) is 0.154. The van der Waals surface area contributed by atoms with Gasteiger partial charge in [0.25, 0.3) is 0 Å². The molecule has 1 atom stereocenters. The third kappa shape index (κ3) is 2.94. The lowest BCUT2D eigenvalue weighted by Crippen LogP contribution is -2.29. The van der Waals surface area contributed by atoms with Crippen molar-refractivity contribution in [3.05, 3.63) is 65.2 Å². The fourth-order valence-electron chi connectivity index (χ4n) is 1.88. The molecule has 1 unspecified atom stereocenters. The Morgan fingerprint density at radius 1 is 1.05 bits per heavy atom. The molecule has 1 heterocycles. The molecule has 7 heteroatoms. The second kappa shape index (κ2) is 5.56. The molecule has 0 radical (unpaired) electrons. The molecule has 106 valence electrons. The van der Waals surface area contributed by atoms with Crippen LogP contribution in [-0.2, 0) is 6.18 Å². The van der Waals surface area contributed by atoms with Gasteiger partial charge in [0.15, 0.2) is 0 Å². The third-order valence-corrected chi connectivity index (χ3v) is 2.84. The van der Waals surface area contributed by atoms with Gasteiger partial charge in [-0.25, -0.2) is 9.82 Å². The molecule has 2 rings (SSSR count). The van der Waals surface area contributed by atoms with Gasteiger partial charge in [-0.1, -0.05) is 6.07 Å². The summed E-state index contributed by atoms with van der Waals surface area (Å²) in [6.07, 6.45) is -1.76. The lowest BCUT2D eigenvalue weighted by atomic mass is 9.98. The van der Waals surface area contributed by atoms with Gasteiger partial charge in [-0.15, -0.1) is 0 Å². The van der Waals surface area contributed by atoms with Crippen LogP contribution in [0.4, 0.5) is 17.6 Å². The molecule has 0 saturated carbocycles. The minimum absolute atomic E-state index is 0.215. The number of nitrogens with two attached hydrogens (primary N) is 1. The SMILES string of the molecule is NNC(c1ccncc1)c1ccc(F)c(C(F)(F)F)c1. The van der Waals surface area contributed by atoms with Crippen LogP contribution in [0, 0.1) is 5.82 Å². The molecule has 0 saturated heterocycles. The Morgan fingerprint density at radius 3 is 2.25 bits per heavy atom. The predicted molar refractivity (Wildman–Crippen MR) is 64.8 cm³/mol. The Hall–Kier alpha value is -1.99. The summed E-state index contributed by atoms with van der Waals surface area (Å²) < 4.78 is 51.3. The monoisotopic (exact) mass is 285 g/mol. The molecule has 3 nitrogen and oxygen atoms in total. The molecular weight excluding hydrogens is 274 g/mol. The Balaban J connectivity index is 2.46. The van der Waals surface area contributed by atoms with Gasteiger partial charge in [0.2, 0.25) is 0 Å². The number of alkyl halides is 3. The molecule has 0 bridgehead atoms. The molecule has 0 amide bonds. The predicted octanol–water partition coefficient (Wildman–Crippen LogP) is 2.79. The number of hydrogen-bond acceptors (Lipinski definition) is 3. The van der Waals surface area contributed by atoms with Gasteiger partial charge in [-0.3, -0.25) is 10.8 Å². The number of benzene rings is 1. The van der Waals surface area contributed by atoms with Crippen LogP contribution in [0.1, 0.15) is 22.7 Å². The van der Waals surface area contributed by atoms with E-state index in [0.29, 0.717) is 5.56 Å². The topological polar surface area (TPSA) is 50.9 Å². The van der Waals surface area contributed by atoms with E-state index in [0.717, 1.165) is 12.1 Å². The maximum Gasteiger partial charge on any atom is 0.419 e. The lowest BCUT2D eigenvalue weighted by molar-refractivity contribution is -0.140. The first kappa shape index (κ1) is 14.4. The van der Waals surface area contributed by atoms with Crippen molar-refractivity contribution < 1.29 is 17.6 Å². The lowest BCUT2D eigenvalue weighted by Gasteiger charge is -2.18. The molecular formula is C13H11F4N3. The Morgan fingerprint density at radius 2 is 1.70 bits per heavy atom. The first-order valence-electron chi connectivity index (χ1n) is 5.66. The van der Waals surface area contributed by atoms with Crippen LogP contribution in [0.2, 0.25) is 0 Å². The van der Waals surface area contributed by atoms with E-state index in [4.69, 9.17) is 5.84 Å². The van der Waals surface area contributed by atoms with Gasteiger partial charge < -0.3 is 0 Å². The highest BCUT2D eigenvalue weighted by molar-refractivity contribution is 5.35. The summed E-state index contributed by atoms with van der Waals surface area (Å²) in [5.74, 6) is 4.08. The molecule has 20 heavy (non-hydrogen) atoms. The van der Waals surface area contributed by atoms with Crippen molar-refractivity contribution in [2.24, 2.45) is 5.84 Å². The van der Waals surface area contributed by atoms with Crippen LogP contribution in [0.15, 0.2) is 42.7 Å². The Kier molecular flexibility index (Phi) is 4.01. The van der Waals surface area contributed by atoms with E-state index in [1.165, 1.54) is 18.5 Å². The number of nitrogens with zero attached hydrogens (tertiary/aromatic N) is 1. The van der Waals surface area contributed by atoms with E-state index in [1.54, 1.807) is 12.1 Å². The first-order chi connectivity index (χ1) is 9.43. The summed E-state index contributed by atoms with van der Waals surface area (Å²) in [6, 6.07) is 5.33. The van der Waals surface area contributed by atoms with Crippen molar-refractivity contribution >= 4 is 0 Å². The van der Waals surface area contributed by atoms with E-state index in [1.807, 2.05) is 0 Å². The molecule has 1 aromatic heterocycles. The van der Waals surface area contributed by atoms with E-state index in [2.05, 4.69) is 10.4 Å². The molecule has 0 spiro atoms. The molecule has 0 aliphatic rings. The smallest absolute Gasteiger partial charge is 0.271 e. The summed E-state index contributed by atoms with van der Waals surface area (Å²) in [6.45, 7) is 0. The minimum atomic E-state index is -4.75. The number of halogens is 4. The van der Waals surface area contributed by atoms with Gasteiger partial charge in [0, 0.05) is 12.4 Å². The van der Waals surface area contributed by atoms with Crippen molar-refractivity contribution in [3.8, 4) is 0 Å². The Bertz CT molecular complexity index is 584. The summed E-state index contributed by atoms with van der Waals surface area (Å²) in [4.78, 5) is 3.82. The zero-order chi connectivity index (χ0) is 14.8. The summed E-state index contributed by atoms with van der Waals surface area (Å²) >= 11 is 0. The van der Waals surface area contributed by atoms with Gasteiger partial charge in [0.05, 0.1) is 11.6 Å². The third-order valence-electron chi connectivity index (χ3n) is 2.84. The Labute approximate surface area is 112 Å². The average molecular weight is 285 g/mol. The second-order valence-electron chi connectivity index (χ2n) is 4.12. The molecule has 3 N–H and O–H groups in total. The van der Waals surface area contributed by atoms with E-state index >= 15 is 0 Å². The van der Waals surface area contributed by atoms with E-state index in [9.17, 15) is 17.6 Å². The second-order valence-corrected chi connectivity index (χ2v) is 4.12. The van der Waals surface area contributed by atoms with Crippen LogP contribution in [0.5, 0.6) is 0 Å². The zero-order valence-electron chi connectivity index (χ0n) is 10.2. The van der Waals surface area contributed by atoms with E-state index in [-0.39, 0.29) is 5.56 Å². The van der Waals surface area contributed by atoms with Gasteiger partial charge in [0.1, 0.15) is 5.82 Å². The zero-order valence-corrected chi connectivity index (χ0v) is 10.2. The van der Waals surface area contributed by atoms with Gasteiger partial charge in [-0.05, 0) is 35.4 Å². The highest BCUT2D eigenvalue weighted by atomic mass is 19.4. The van der Waals surface area contributed by atoms with Crippen LogP contribution < -0.4 is 11.3 Å². The van der Waals surface area contributed by atoms with Crippen molar-refractivity contribution in [1.82, 2.24) is 10.4 Å².